The lowest BCUT2D eigenvalue weighted by Crippen LogP contribution is -2.36. The molecule has 18 heavy (non-hydrogen) atoms. The first-order valence-electron chi connectivity index (χ1n) is 6.76. The molecule has 98 valence electrons. The molecule has 0 aliphatic heterocycles. The fourth-order valence-corrected chi connectivity index (χ4v) is 2.63. The van der Waals surface area contributed by atoms with Gasteiger partial charge in [-0.15, -0.1) is 0 Å². The molecule has 3 heteroatoms. The summed E-state index contributed by atoms with van der Waals surface area (Å²) in [6.07, 6.45) is 2.02. The third-order valence-electron chi connectivity index (χ3n) is 3.50. The Balaban J connectivity index is 2.63. The minimum absolute atomic E-state index is 0.350. The van der Waals surface area contributed by atoms with Gasteiger partial charge in [-0.25, -0.2) is 4.98 Å². The number of aryl methyl sites for hydroxylation is 2. The van der Waals surface area contributed by atoms with Crippen molar-refractivity contribution in [3.8, 4) is 0 Å². The maximum absolute atomic E-state index is 6.44. The van der Waals surface area contributed by atoms with Crippen molar-refractivity contribution < 1.29 is 0 Å². The van der Waals surface area contributed by atoms with Crippen LogP contribution in [0, 0.1) is 6.92 Å². The molecule has 0 bridgehead atoms. The third-order valence-corrected chi connectivity index (χ3v) is 3.50. The van der Waals surface area contributed by atoms with Crippen LogP contribution in [0.25, 0.3) is 11.0 Å². The minimum Gasteiger partial charge on any atom is -0.327 e. The smallest absolute Gasteiger partial charge is 0.129 e. The van der Waals surface area contributed by atoms with E-state index in [2.05, 4.69) is 50.5 Å². The van der Waals surface area contributed by atoms with Gasteiger partial charge in [0, 0.05) is 6.54 Å². The van der Waals surface area contributed by atoms with Crippen molar-refractivity contribution in [2.75, 3.05) is 0 Å². The number of aromatic nitrogens is 2. The van der Waals surface area contributed by atoms with E-state index in [1.165, 1.54) is 11.1 Å². The van der Waals surface area contributed by atoms with Gasteiger partial charge < -0.3 is 10.3 Å². The second-order valence-corrected chi connectivity index (χ2v) is 5.34. The van der Waals surface area contributed by atoms with Crippen molar-refractivity contribution >= 4 is 11.0 Å². The predicted molar refractivity (Wildman–Crippen MR) is 76.6 cm³/mol. The van der Waals surface area contributed by atoms with Crippen LogP contribution < -0.4 is 5.73 Å². The van der Waals surface area contributed by atoms with E-state index in [-0.39, 0.29) is 5.54 Å². The van der Waals surface area contributed by atoms with E-state index in [4.69, 9.17) is 10.7 Å². The quantitative estimate of drug-likeness (QED) is 0.897. The first kappa shape index (κ1) is 13.1. The number of imidazole rings is 1. The molecule has 1 atom stereocenters. The normalized spacial score (nSPS) is 14.9. The van der Waals surface area contributed by atoms with E-state index in [0.717, 1.165) is 30.7 Å². The lowest BCUT2D eigenvalue weighted by atomic mass is 9.96. The zero-order chi connectivity index (χ0) is 13.3. The largest absolute Gasteiger partial charge is 0.327 e. The standard InChI is InChI=1S/C15H23N3/c1-5-9-15(4,16)14-17-12-10-11(3)7-8-13(12)18(14)6-2/h7-8,10H,5-6,9,16H2,1-4H3. The van der Waals surface area contributed by atoms with Crippen LogP contribution in [0.5, 0.6) is 0 Å². The Morgan fingerprint density at radius 2 is 2.06 bits per heavy atom. The van der Waals surface area contributed by atoms with Crippen LogP contribution in [0.3, 0.4) is 0 Å². The van der Waals surface area contributed by atoms with E-state index in [1.807, 2.05) is 0 Å². The molecule has 0 amide bonds. The number of nitrogens with two attached hydrogens (primary N) is 1. The van der Waals surface area contributed by atoms with Crippen LogP contribution in [-0.2, 0) is 12.1 Å². The highest BCUT2D eigenvalue weighted by Crippen LogP contribution is 2.27. The van der Waals surface area contributed by atoms with Crippen molar-refractivity contribution in [3.63, 3.8) is 0 Å². The summed E-state index contributed by atoms with van der Waals surface area (Å²) in [7, 11) is 0. The highest BCUT2D eigenvalue weighted by Gasteiger charge is 2.26. The van der Waals surface area contributed by atoms with Gasteiger partial charge in [-0.3, -0.25) is 0 Å². The molecule has 3 nitrogen and oxygen atoms in total. The van der Waals surface area contributed by atoms with Crippen LogP contribution >= 0.6 is 0 Å². The van der Waals surface area contributed by atoms with Crippen LogP contribution in [0.2, 0.25) is 0 Å². The van der Waals surface area contributed by atoms with E-state index in [0.29, 0.717) is 0 Å². The number of hydrogen-bond donors (Lipinski definition) is 1. The average molecular weight is 245 g/mol. The summed E-state index contributed by atoms with van der Waals surface area (Å²) < 4.78 is 2.24. The lowest BCUT2D eigenvalue weighted by molar-refractivity contribution is 0.403. The average Bonchev–Trinajstić information content (AvgIpc) is 2.67. The number of fused-ring (bicyclic) bond motifs is 1. The topological polar surface area (TPSA) is 43.8 Å². The van der Waals surface area contributed by atoms with Gasteiger partial charge in [0.05, 0.1) is 16.6 Å². The molecule has 0 aliphatic rings. The minimum atomic E-state index is -0.350. The molecule has 0 fully saturated rings. The molecule has 1 heterocycles. The van der Waals surface area contributed by atoms with E-state index >= 15 is 0 Å². The molecular formula is C15H23N3. The van der Waals surface area contributed by atoms with Crippen LogP contribution in [0.1, 0.15) is 45.0 Å². The first-order chi connectivity index (χ1) is 8.49. The van der Waals surface area contributed by atoms with Gasteiger partial charge in [0.15, 0.2) is 0 Å². The molecule has 0 saturated heterocycles. The maximum Gasteiger partial charge on any atom is 0.129 e. The highest BCUT2D eigenvalue weighted by atomic mass is 15.1. The SMILES string of the molecule is CCCC(C)(N)c1nc2cc(C)ccc2n1CC. The number of rotatable bonds is 4. The summed E-state index contributed by atoms with van der Waals surface area (Å²) in [4.78, 5) is 4.77. The van der Waals surface area contributed by atoms with Gasteiger partial charge in [0.1, 0.15) is 5.82 Å². The predicted octanol–water partition coefficient (Wildman–Crippen LogP) is 3.34. The molecule has 2 aromatic rings. The monoisotopic (exact) mass is 245 g/mol. The third kappa shape index (κ3) is 2.15. The summed E-state index contributed by atoms with van der Waals surface area (Å²) in [5.74, 6) is 1.01. The summed E-state index contributed by atoms with van der Waals surface area (Å²) in [6, 6.07) is 6.41. The van der Waals surface area contributed by atoms with Gasteiger partial charge in [0.2, 0.25) is 0 Å². The lowest BCUT2D eigenvalue weighted by Gasteiger charge is -2.24. The van der Waals surface area contributed by atoms with Crippen molar-refractivity contribution in [1.29, 1.82) is 0 Å². The fourth-order valence-electron chi connectivity index (χ4n) is 2.63. The Kier molecular flexibility index (Phi) is 3.44. The van der Waals surface area contributed by atoms with Gasteiger partial charge in [-0.1, -0.05) is 19.4 Å². The van der Waals surface area contributed by atoms with E-state index in [9.17, 15) is 0 Å². The van der Waals surface area contributed by atoms with Crippen molar-refractivity contribution in [1.82, 2.24) is 9.55 Å². The second kappa shape index (κ2) is 4.73. The van der Waals surface area contributed by atoms with Crippen LogP contribution in [0.4, 0.5) is 0 Å². The van der Waals surface area contributed by atoms with Gasteiger partial charge in [0.25, 0.3) is 0 Å². The highest BCUT2D eigenvalue weighted by molar-refractivity contribution is 5.77. The van der Waals surface area contributed by atoms with Crippen molar-refractivity contribution in [2.24, 2.45) is 5.73 Å². The van der Waals surface area contributed by atoms with Crippen molar-refractivity contribution in [3.05, 3.63) is 29.6 Å². The first-order valence-corrected chi connectivity index (χ1v) is 6.76. The molecule has 1 aromatic carbocycles. The summed E-state index contributed by atoms with van der Waals surface area (Å²) in [5.41, 5.74) is 9.58. The van der Waals surface area contributed by atoms with Crippen molar-refractivity contribution in [2.45, 2.75) is 52.6 Å². The Morgan fingerprint density at radius 3 is 2.67 bits per heavy atom. The number of hydrogen-bond acceptors (Lipinski definition) is 2. The summed E-state index contributed by atoms with van der Waals surface area (Å²) in [6.45, 7) is 9.39. The zero-order valence-corrected chi connectivity index (χ0v) is 11.8. The molecular weight excluding hydrogens is 222 g/mol. The van der Waals surface area contributed by atoms with Gasteiger partial charge in [-0.2, -0.15) is 0 Å². The Bertz CT molecular complexity index is 552. The molecule has 2 rings (SSSR count). The molecule has 0 aliphatic carbocycles. The Hall–Kier alpha value is -1.35. The van der Waals surface area contributed by atoms with Crippen LogP contribution in [0.15, 0.2) is 18.2 Å². The molecule has 1 unspecified atom stereocenters. The van der Waals surface area contributed by atoms with E-state index < -0.39 is 0 Å². The molecule has 0 saturated carbocycles. The molecule has 0 radical (unpaired) electrons. The Labute approximate surface area is 109 Å². The second-order valence-electron chi connectivity index (χ2n) is 5.34. The number of nitrogens with zero attached hydrogens (tertiary/aromatic N) is 2. The van der Waals surface area contributed by atoms with Gasteiger partial charge >= 0.3 is 0 Å². The molecule has 2 N–H and O–H groups in total. The number of benzene rings is 1. The van der Waals surface area contributed by atoms with Gasteiger partial charge in [-0.05, 0) is 44.9 Å². The van der Waals surface area contributed by atoms with E-state index in [1.54, 1.807) is 0 Å². The zero-order valence-electron chi connectivity index (χ0n) is 11.8. The molecule has 1 aromatic heterocycles. The van der Waals surface area contributed by atoms with Crippen LogP contribution in [-0.4, -0.2) is 9.55 Å². The Morgan fingerprint density at radius 1 is 1.33 bits per heavy atom. The summed E-state index contributed by atoms with van der Waals surface area (Å²) in [5, 5.41) is 0. The summed E-state index contributed by atoms with van der Waals surface area (Å²) >= 11 is 0. The molecule has 0 spiro atoms. The fraction of sp³-hybridized carbons (Fsp3) is 0.533. The maximum atomic E-state index is 6.44.